The van der Waals surface area contributed by atoms with Crippen molar-refractivity contribution in [2.75, 3.05) is 11.9 Å². The van der Waals surface area contributed by atoms with Crippen molar-refractivity contribution in [3.05, 3.63) is 60.2 Å². The summed E-state index contributed by atoms with van der Waals surface area (Å²) in [6.07, 6.45) is 0.0914. The number of rotatable bonds is 7. The first-order chi connectivity index (χ1) is 12.0. The molecule has 0 aromatic heterocycles. The molecule has 0 bridgehead atoms. The molecule has 0 unspecified atom stereocenters. The lowest BCUT2D eigenvalue weighted by Gasteiger charge is -2.08. The number of benzene rings is 2. The Kier molecular flexibility index (Phi) is 6.71. The summed E-state index contributed by atoms with van der Waals surface area (Å²) >= 11 is 0. The van der Waals surface area contributed by atoms with Crippen LogP contribution in [0.5, 0.6) is 5.75 Å². The van der Waals surface area contributed by atoms with Crippen molar-refractivity contribution >= 4 is 23.2 Å². The van der Waals surface area contributed by atoms with E-state index in [1.165, 1.54) is 0 Å². The van der Waals surface area contributed by atoms with Crippen LogP contribution in [0.1, 0.15) is 18.9 Å². The lowest BCUT2D eigenvalue weighted by atomic mass is 10.2. The van der Waals surface area contributed by atoms with Gasteiger partial charge in [-0.3, -0.25) is 9.59 Å². The number of ether oxygens (including phenoxy) is 1. The van der Waals surface area contributed by atoms with E-state index in [9.17, 15) is 9.59 Å². The zero-order valence-corrected chi connectivity index (χ0v) is 14.3. The summed E-state index contributed by atoms with van der Waals surface area (Å²) in [7, 11) is 0. The van der Waals surface area contributed by atoms with E-state index in [0.29, 0.717) is 11.5 Å². The van der Waals surface area contributed by atoms with E-state index in [2.05, 4.69) is 15.8 Å². The number of para-hydroxylation sites is 2. The summed E-state index contributed by atoms with van der Waals surface area (Å²) < 4.78 is 5.31. The average Bonchev–Trinajstić information content (AvgIpc) is 2.61. The van der Waals surface area contributed by atoms with Gasteiger partial charge < -0.3 is 10.1 Å². The Bertz CT molecular complexity index is 758. The van der Waals surface area contributed by atoms with Crippen LogP contribution in [-0.2, 0) is 9.59 Å². The molecule has 0 atom stereocenters. The Labute approximate surface area is 146 Å². The Morgan fingerprint density at radius 2 is 1.68 bits per heavy atom. The van der Waals surface area contributed by atoms with Gasteiger partial charge in [-0.05, 0) is 37.6 Å². The van der Waals surface area contributed by atoms with Crippen LogP contribution in [0, 0.1) is 6.92 Å². The summed E-state index contributed by atoms with van der Waals surface area (Å²) in [6.45, 7) is 3.45. The second-order valence-corrected chi connectivity index (χ2v) is 5.52. The molecule has 2 aromatic carbocycles. The van der Waals surface area contributed by atoms with E-state index in [0.717, 1.165) is 11.3 Å². The number of hydrazone groups is 1. The van der Waals surface area contributed by atoms with Gasteiger partial charge in [0.2, 0.25) is 5.91 Å². The molecule has 2 amide bonds. The molecule has 2 N–H and O–H groups in total. The van der Waals surface area contributed by atoms with Crippen LogP contribution in [0.3, 0.4) is 0 Å². The number of hydrogen-bond acceptors (Lipinski definition) is 4. The minimum Gasteiger partial charge on any atom is -0.484 e. The Morgan fingerprint density at radius 1 is 1.00 bits per heavy atom. The van der Waals surface area contributed by atoms with Gasteiger partial charge >= 0.3 is 0 Å². The lowest BCUT2D eigenvalue weighted by Crippen LogP contribution is -2.26. The molecule has 0 aliphatic heterocycles. The van der Waals surface area contributed by atoms with E-state index in [1.807, 2.05) is 49.4 Å². The largest absolute Gasteiger partial charge is 0.484 e. The fourth-order valence-corrected chi connectivity index (χ4v) is 2.04. The molecule has 130 valence electrons. The molecular formula is C19H21N3O3. The highest BCUT2D eigenvalue weighted by Crippen LogP contribution is 2.13. The number of nitrogens with zero attached hydrogens (tertiary/aromatic N) is 1. The second kappa shape index (κ2) is 9.22. The molecule has 0 spiro atoms. The maximum absolute atomic E-state index is 12.0. The smallest absolute Gasteiger partial charge is 0.277 e. The van der Waals surface area contributed by atoms with E-state index in [-0.39, 0.29) is 24.8 Å². The molecule has 0 saturated carbocycles. The molecule has 0 fully saturated rings. The number of carbonyl (C=O) groups excluding carboxylic acids is 2. The van der Waals surface area contributed by atoms with Gasteiger partial charge in [-0.2, -0.15) is 5.10 Å². The first-order valence-corrected chi connectivity index (χ1v) is 7.90. The van der Waals surface area contributed by atoms with Gasteiger partial charge in [0.05, 0.1) is 6.42 Å². The van der Waals surface area contributed by atoms with Crippen molar-refractivity contribution in [2.45, 2.75) is 20.3 Å². The molecule has 2 rings (SSSR count). The van der Waals surface area contributed by atoms with Gasteiger partial charge in [-0.25, -0.2) is 5.43 Å². The third-order valence-corrected chi connectivity index (χ3v) is 3.32. The molecular weight excluding hydrogens is 318 g/mol. The van der Waals surface area contributed by atoms with E-state index >= 15 is 0 Å². The van der Waals surface area contributed by atoms with Crippen LogP contribution in [0.15, 0.2) is 59.7 Å². The van der Waals surface area contributed by atoms with Gasteiger partial charge in [0.1, 0.15) is 5.75 Å². The van der Waals surface area contributed by atoms with E-state index < -0.39 is 0 Å². The third-order valence-electron chi connectivity index (χ3n) is 3.32. The number of carbonyl (C=O) groups is 2. The fraction of sp³-hybridized carbons (Fsp3) is 0.211. The minimum absolute atomic E-state index is 0.0914. The summed E-state index contributed by atoms with van der Waals surface area (Å²) in [6, 6.07) is 16.6. The zero-order valence-electron chi connectivity index (χ0n) is 14.3. The first-order valence-electron chi connectivity index (χ1n) is 7.90. The maximum Gasteiger partial charge on any atom is 0.277 e. The maximum atomic E-state index is 12.0. The summed E-state index contributed by atoms with van der Waals surface area (Å²) in [4.78, 5) is 23.7. The zero-order chi connectivity index (χ0) is 18.1. The van der Waals surface area contributed by atoms with Crippen LogP contribution >= 0.6 is 0 Å². The second-order valence-electron chi connectivity index (χ2n) is 5.52. The summed E-state index contributed by atoms with van der Waals surface area (Å²) in [5.74, 6) is 0.0313. The molecule has 6 heteroatoms. The number of hydrogen-bond donors (Lipinski definition) is 2. The molecule has 2 aromatic rings. The number of aryl methyl sites for hydroxylation is 1. The van der Waals surface area contributed by atoms with Gasteiger partial charge in [-0.15, -0.1) is 0 Å². The van der Waals surface area contributed by atoms with Crippen molar-refractivity contribution in [3.63, 3.8) is 0 Å². The molecule has 0 radical (unpaired) electrons. The van der Waals surface area contributed by atoms with Crippen molar-refractivity contribution in [1.82, 2.24) is 5.43 Å². The van der Waals surface area contributed by atoms with E-state index in [4.69, 9.17) is 4.74 Å². The summed E-state index contributed by atoms with van der Waals surface area (Å²) in [5, 5.41) is 6.73. The Balaban J connectivity index is 1.76. The minimum atomic E-state index is -0.387. The molecule has 0 heterocycles. The Hall–Kier alpha value is -3.15. The predicted molar refractivity (Wildman–Crippen MR) is 97.6 cm³/mol. The van der Waals surface area contributed by atoms with Gasteiger partial charge in [0, 0.05) is 11.4 Å². The molecule has 0 aliphatic rings. The standard InChI is InChI=1S/C19H21N3O3/c1-14-8-6-7-11-17(14)20-18(23)12-15(2)21-22-19(24)13-25-16-9-4-3-5-10-16/h3-11H,12-13H2,1-2H3,(H,20,23)(H,22,24)/b21-15+. The van der Waals surface area contributed by atoms with Crippen LogP contribution < -0.4 is 15.5 Å². The highest BCUT2D eigenvalue weighted by atomic mass is 16.5. The monoisotopic (exact) mass is 339 g/mol. The van der Waals surface area contributed by atoms with Gasteiger partial charge in [0.25, 0.3) is 5.91 Å². The fourth-order valence-electron chi connectivity index (χ4n) is 2.04. The van der Waals surface area contributed by atoms with Crippen molar-refractivity contribution < 1.29 is 14.3 Å². The number of nitrogens with one attached hydrogen (secondary N) is 2. The van der Waals surface area contributed by atoms with Crippen molar-refractivity contribution in [1.29, 1.82) is 0 Å². The number of anilines is 1. The topological polar surface area (TPSA) is 79.8 Å². The SMILES string of the molecule is C/C(CC(=O)Nc1ccccc1C)=N\NC(=O)COc1ccccc1. The Morgan fingerprint density at radius 3 is 2.40 bits per heavy atom. The molecule has 0 saturated heterocycles. The van der Waals surface area contributed by atoms with Crippen LogP contribution in [0.4, 0.5) is 5.69 Å². The highest BCUT2D eigenvalue weighted by molar-refractivity contribution is 6.06. The highest BCUT2D eigenvalue weighted by Gasteiger charge is 2.07. The van der Waals surface area contributed by atoms with Gasteiger partial charge in [-0.1, -0.05) is 36.4 Å². The predicted octanol–water partition coefficient (Wildman–Crippen LogP) is 2.89. The van der Waals surface area contributed by atoms with Crippen molar-refractivity contribution in [2.24, 2.45) is 5.10 Å². The average molecular weight is 339 g/mol. The normalized spacial score (nSPS) is 10.9. The quantitative estimate of drug-likeness (QED) is 0.601. The number of amides is 2. The van der Waals surface area contributed by atoms with E-state index in [1.54, 1.807) is 19.1 Å². The van der Waals surface area contributed by atoms with Gasteiger partial charge in [0.15, 0.2) is 6.61 Å². The lowest BCUT2D eigenvalue weighted by molar-refractivity contribution is -0.123. The van der Waals surface area contributed by atoms with Crippen LogP contribution in [0.2, 0.25) is 0 Å². The van der Waals surface area contributed by atoms with Crippen LogP contribution in [0.25, 0.3) is 0 Å². The summed E-state index contributed by atoms with van der Waals surface area (Å²) in [5.41, 5.74) is 4.62. The molecule has 6 nitrogen and oxygen atoms in total. The van der Waals surface area contributed by atoms with Crippen LogP contribution in [-0.4, -0.2) is 24.1 Å². The third kappa shape index (κ3) is 6.47. The first kappa shape index (κ1) is 18.2. The molecule has 25 heavy (non-hydrogen) atoms. The molecule has 0 aliphatic carbocycles. The van der Waals surface area contributed by atoms with Crippen molar-refractivity contribution in [3.8, 4) is 5.75 Å².